The Morgan fingerprint density at radius 1 is 1.22 bits per heavy atom. The van der Waals surface area contributed by atoms with Crippen LogP contribution in [0.2, 0.25) is 0 Å². The zero-order chi connectivity index (χ0) is 16.7. The van der Waals surface area contributed by atoms with Crippen molar-refractivity contribution in [3.63, 3.8) is 0 Å². The first-order chi connectivity index (χ1) is 11.1. The minimum Gasteiger partial charge on any atom is -0.456 e. The van der Waals surface area contributed by atoms with E-state index < -0.39 is 18.5 Å². The third-order valence-corrected chi connectivity index (χ3v) is 2.97. The second-order valence-corrected chi connectivity index (χ2v) is 4.69. The van der Waals surface area contributed by atoms with Crippen LogP contribution >= 0.6 is 0 Å². The molecule has 0 fully saturated rings. The van der Waals surface area contributed by atoms with Gasteiger partial charge in [-0.25, -0.2) is 4.98 Å². The highest BCUT2D eigenvalue weighted by molar-refractivity contribution is 5.86. The van der Waals surface area contributed by atoms with E-state index in [2.05, 4.69) is 15.6 Å². The summed E-state index contributed by atoms with van der Waals surface area (Å²) in [5, 5.41) is 4.68. The molecular formula is C15H17N3O5. The van der Waals surface area contributed by atoms with Crippen molar-refractivity contribution < 1.29 is 23.5 Å². The predicted octanol–water partition coefficient (Wildman–Crippen LogP) is 0.166. The van der Waals surface area contributed by atoms with Crippen molar-refractivity contribution in [2.45, 2.75) is 12.8 Å². The molecule has 0 radical (unpaired) electrons. The number of hydrogen-bond acceptors (Lipinski definition) is 6. The largest absolute Gasteiger partial charge is 0.456 e. The zero-order valence-electron chi connectivity index (χ0n) is 12.6. The van der Waals surface area contributed by atoms with E-state index in [4.69, 9.17) is 9.15 Å². The van der Waals surface area contributed by atoms with E-state index in [1.165, 1.54) is 7.05 Å². The van der Waals surface area contributed by atoms with Gasteiger partial charge in [0.2, 0.25) is 5.91 Å². The number of benzene rings is 1. The fraction of sp³-hybridized carbons (Fsp3) is 0.333. The Balaban J connectivity index is 1.70. The maximum absolute atomic E-state index is 11.6. The number of carbonyl (C=O) groups excluding carboxylic acids is 3. The number of para-hydroxylation sites is 2. The highest BCUT2D eigenvalue weighted by atomic mass is 16.5. The van der Waals surface area contributed by atoms with Gasteiger partial charge >= 0.3 is 5.97 Å². The number of aryl methyl sites for hydroxylation is 1. The van der Waals surface area contributed by atoms with Gasteiger partial charge in [0.25, 0.3) is 5.91 Å². The minimum atomic E-state index is -0.539. The first-order valence-electron chi connectivity index (χ1n) is 7.06. The van der Waals surface area contributed by atoms with Crippen LogP contribution < -0.4 is 10.6 Å². The Bertz CT molecular complexity index is 677. The molecule has 0 saturated heterocycles. The highest BCUT2D eigenvalue weighted by Crippen LogP contribution is 2.15. The van der Waals surface area contributed by atoms with Gasteiger partial charge in [-0.3, -0.25) is 14.4 Å². The van der Waals surface area contributed by atoms with Crippen LogP contribution in [0.5, 0.6) is 0 Å². The molecule has 8 nitrogen and oxygen atoms in total. The summed E-state index contributed by atoms with van der Waals surface area (Å²) in [6.07, 6.45) is 0.336. The Morgan fingerprint density at radius 2 is 2.00 bits per heavy atom. The summed E-state index contributed by atoms with van der Waals surface area (Å²) in [5.41, 5.74) is 1.38. The number of likely N-dealkylation sites (N-methyl/N-ethyl adjacent to an activating group) is 1. The monoisotopic (exact) mass is 319 g/mol. The van der Waals surface area contributed by atoms with Crippen LogP contribution in [0, 0.1) is 0 Å². The Kier molecular flexibility index (Phi) is 5.67. The molecule has 0 bridgehead atoms. The lowest BCUT2D eigenvalue weighted by molar-refractivity contribution is -0.148. The molecule has 8 heteroatoms. The third kappa shape index (κ3) is 5.10. The van der Waals surface area contributed by atoms with Crippen LogP contribution in [-0.4, -0.2) is 43.0 Å². The number of hydrogen-bond donors (Lipinski definition) is 2. The van der Waals surface area contributed by atoms with Gasteiger partial charge in [0.15, 0.2) is 18.1 Å². The molecule has 0 atom stereocenters. The van der Waals surface area contributed by atoms with Gasteiger partial charge in [-0.05, 0) is 12.1 Å². The van der Waals surface area contributed by atoms with Gasteiger partial charge in [0.05, 0.1) is 13.0 Å². The number of rotatable bonds is 7. The van der Waals surface area contributed by atoms with Crippen molar-refractivity contribution >= 4 is 28.9 Å². The second-order valence-electron chi connectivity index (χ2n) is 4.69. The van der Waals surface area contributed by atoms with Crippen molar-refractivity contribution in [1.82, 2.24) is 15.6 Å². The van der Waals surface area contributed by atoms with Crippen molar-refractivity contribution in [3.05, 3.63) is 30.2 Å². The number of aromatic nitrogens is 1. The summed E-state index contributed by atoms with van der Waals surface area (Å²) in [6.45, 7) is -0.584. The van der Waals surface area contributed by atoms with E-state index in [0.29, 0.717) is 11.5 Å². The molecule has 0 unspecified atom stereocenters. The van der Waals surface area contributed by atoms with E-state index in [1.807, 2.05) is 18.2 Å². The molecule has 2 amide bonds. The zero-order valence-corrected chi connectivity index (χ0v) is 12.6. The molecule has 0 spiro atoms. The number of ether oxygens (including phenoxy) is 1. The van der Waals surface area contributed by atoms with E-state index >= 15 is 0 Å². The number of carbonyl (C=O) groups is 3. The molecular weight excluding hydrogens is 302 g/mol. The lowest BCUT2D eigenvalue weighted by atomic mass is 10.3. The topological polar surface area (TPSA) is 111 Å². The first kappa shape index (κ1) is 16.5. The van der Waals surface area contributed by atoms with E-state index in [-0.39, 0.29) is 25.3 Å². The smallest absolute Gasteiger partial charge is 0.306 e. The van der Waals surface area contributed by atoms with Crippen LogP contribution in [0.1, 0.15) is 12.3 Å². The van der Waals surface area contributed by atoms with Gasteiger partial charge in [0, 0.05) is 13.5 Å². The fourth-order valence-corrected chi connectivity index (χ4v) is 1.77. The predicted molar refractivity (Wildman–Crippen MR) is 80.4 cm³/mol. The average Bonchev–Trinajstić information content (AvgIpc) is 2.98. The van der Waals surface area contributed by atoms with E-state index in [1.54, 1.807) is 6.07 Å². The van der Waals surface area contributed by atoms with Crippen LogP contribution in [0.3, 0.4) is 0 Å². The third-order valence-electron chi connectivity index (χ3n) is 2.97. The summed E-state index contributed by atoms with van der Waals surface area (Å²) in [4.78, 5) is 38.1. The van der Waals surface area contributed by atoms with Gasteiger partial charge in [-0.2, -0.15) is 0 Å². The molecule has 0 aliphatic heterocycles. The molecule has 2 N–H and O–H groups in total. The van der Waals surface area contributed by atoms with Crippen molar-refractivity contribution in [2.24, 2.45) is 0 Å². The Hall–Kier alpha value is -2.90. The second kappa shape index (κ2) is 7.92. The summed E-state index contributed by atoms with van der Waals surface area (Å²) < 4.78 is 10.3. The van der Waals surface area contributed by atoms with Crippen molar-refractivity contribution in [3.8, 4) is 0 Å². The molecule has 0 aliphatic carbocycles. The molecule has 2 rings (SSSR count). The molecule has 0 saturated carbocycles. The number of esters is 1. The van der Waals surface area contributed by atoms with Crippen molar-refractivity contribution in [2.75, 3.05) is 20.2 Å². The number of oxazole rings is 1. The fourth-order valence-electron chi connectivity index (χ4n) is 1.77. The normalized spacial score (nSPS) is 10.3. The van der Waals surface area contributed by atoms with Gasteiger partial charge < -0.3 is 19.8 Å². The summed E-state index contributed by atoms with van der Waals surface area (Å²) >= 11 is 0. The molecule has 1 aromatic heterocycles. The average molecular weight is 319 g/mol. The lowest BCUT2D eigenvalue weighted by Gasteiger charge is -2.05. The summed E-state index contributed by atoms with van der Waals surface area (Å²) in [6, 6.07) is 7.29. The summed E-state index contributed by atoms with van der Waals surface area (Å²) in [7, 11) is 1.46. The van der Waals surface area contributed by atoms with Gasteiger partial charge in [-0.1, -0.05) is 12.1 Å². The Labute approximate surface area is 132 Å². The maximum Gasteiger partial charge on any atom is 0.306 e. The van der Waals surface area contributed by atoms with Crippen LogP contribution in [-0.2, 0) is 25.5 Å². The van der Waals surface area contributed by atoms with Crippen LogP contribution in [0.15, 0.2) is 28.7 Å². The van der Waals surface area contributed by atoms with Crippen LogP contribution in [0.4, 0.5) is 0 Å². The van der Waals surface area contributed by atoms with Crippen LogP contribution in [0.25, 0.3) is 11.1 Å². The minimum absolute atomic E-state index is 0.0511. The molecule has 1 aromatic carbocycles. The van der Waals surface area contributed by atoms with Gasteiger partial charge in [0.1, 0.15) is 5.52 Å². The Morgan fingerprint density at radius 3 is 2.74 bits per heavy atom. The SMILES string of the molecule is CNC(=O)CNC(=O)COC(=O)CCc1nc2ccccc2o1. The van der Waals surface area contributed by atoms with E-state index in [0.717, 1.165) is 5.52 Å². The number of nitrogens with zero attached hydrogens (tertiary/aromatic N) is 1. The standard InChI is InChI=1S/C15H17N3O5/c1-16-12(19)8-17-13(20)9-22-15(21)7-6-14-18-10-4-2-3-5-11(10)23-14/h2-5H,6-9H2,1H3,(H,16,19)(H,17,20). The molecule has 0 aliphatic rings. The molecule has 122 valence electrons. The molecule has 23 heavy (non-hydrogen) atoms. The molecule has 2 aromatic rings. The number of nitrogens with one attached hydrogen (secondary N) is 2. The molecule has 1 heterocycles. The number of amides is 2. The lowest BCUT2D eigenvalue weighted by Crippen LogP contribution is -2.37. The van der Waals surface area contributed by atoms with E-state index in [9.17, 15) is 14.4 Å². The maximum atomic E-state index is 11.6. The summed E-state index contributed by atoms with van der Waals surface area (Å²) in [5.74, 6) is -0.973. The quantitative estimate of drug-likeness (QED) is 0.704. The van der Waals surface area contributed by atoms with Crippen molar-refractivity contribution in [1.29, 1.82) is 0 Å². The highest BCUT2D eigenvalue weighted by Gasteiger charge is 2.11. The first-order valence-corrected chi connectivity index (χ1v) is 7.06. The number of fused-ring (bicyclic) bond motifs is 1. The van der Waals surface area contributed by atoms with Gasteiger partial charge in [-0.15, -0.1) is 0 Å².